The maximum absolute atomic E-state index is 12.1. The molecule has 1 aromatic carbocycles. The Kier molecular flexibility index (Phi) is 6.50. The van der Waals surface area contributed by atoms with E-state index in [1.54, 1.807) is 0 Å². The van der Waals surface area contributed by atoms with Gasteiger partial charge in [-0.05, 0) is 29.5 Å². The van der Waals surface area contributed by atoms with E-state index in [0.717, 1.165) is 5.56 Å². The molecule has 20 heavy (non-hydrogen) atoms. The summed E-state index contributed by atoms with van der Waals surface area (Å²) in [5.41, 5.74) is 7.02. The Morgan fingerprint density at radius 3 is 2.15 bits per heavy atom. The first-order valence-corrected chi connectivity index (χ1v) is 7.49. The van der Waals surface area contributed by atoms with Gasteiger partial charge >= 0.3 is 0 Å². The minimum Gasteiger partial charge on any atom is -0.349 e. The average Bonchev–Trinajstić information content (AvgIpc) is 2.36. The molecule has 3 N–H and O–H groups in total. The quantitative estimate of drug-likeness (QED) is 0.844. The molecule has 0 aliphatic carbocycles. The second-order valence-electron chi connectivity index (χ2n) is 5.95. The average molecular weight is 297 g/mol. The van der Waals surface area contributed by atoms with E-state index >= 15 is 0 Å². The summed E-state index contributed by atoms with van der Waals surface area (Å²) in [4.78, 5) is 12.1. The summed E-state index contributed by atoms with van der Waals surface area (Å²) >= 11 is 5.90. The van der Waals surface area contributed by atoms with Crippen molar-refractivity contribution in [1.29, 1.82) is 0 Å². The Morgan fingerprint density at radius 2 is 1.70 bits per heavy atom. The molecule has 0 fully saturated rings. The van der Waals surface area contributed by atoms with Gasteiger partial charge in [0.1, 0.15) is 0 Å². The number of amides is 1. The molecule has 0 aromatic heterocycles. The van der Waals surface area contributed by atoms with E-state index in [0.29, 0.717) is 23.3 Å². The number of hydrogen-bond acceptors (Lipinski definition) is 2. The van der Waals surface area contributed by atoms with Crippen molar-refractivity contribution in [2.75, 3.05) is 0 Å². The zero-order valence-corrected chi connectivity index (χ0v) is 13.4. The highest BCUT2D eigenvalue weighted by Crippen LogP contribution is 2.23. The van der Waals surface area contributed by atoms with Crippen LogP contribution >= 0.6 is 11.6 Å². The SMILES string of the molecule is CC(C)C(N)CC(=O)NC(c1ccc(Cl)cc1)C(C)C. The summed E-state index contributed by atoms with van der Waals surface area (Å²) in [5, 5.41) is 3.77. The fraction of sp³-hybridized carbons (Fsp3) is 0.562. The van der Waals surface area contributed by atoms with Crippen molar-refractivity contribution in [2.45, 2.75) is 46.2 Å². The standard InChI is InChI=1S/C16H25ClN2O/c1-10(2)14(18)9-15(20)19-16(11(3)4)12-5-7-13(17)8-6-12/h5-8,10-11,14,16H,9,18H2,1-4H3,(H,19,20). The van der Waals surface area contributed by atoms with Gasteiger partial charge in [0.15, 0.2) is 0 Å². The number of halogens is 1. The zero-order chi connectivity index (χ0) is 15.3. The van der Waals surface area contributed by atoms with Crippen molar-refractivity contribution >= 4 is 17.5 Å². The summed E-state index contributed by atoms with van der Waals surface area (Å²) in [7, 11) is 0. The van der Waals surface area contributed by atoms with E-state index in [2.05, 4.69) is 19.2 Å². The highest BCUT2D eigenvalue weighted by atomic mass is 35.5. The van der Waals surface area contributed by atoms with Crippen LogP contribution in [0.5, 0.6) is 0 Å². The first-order valence-electron chi connectivity index (χ1n) is 7.11. The number of rotatable bonds is 6. The van der Waals surface area contributed by atoms with Crippen molar-refractivity contribution in [3.05, 3.63) is 34.9 Å². The normalized spacial score (nSPS) is 14.4. The molecule has 3 nitrogen and oxygen atoms in total. The second-order valence-corrected chi connectivity index (χ2v) is 6.39. The maximum atomic E-state index is 12.1. The van der Waals surface area contributed by atoms with Crippen LogP contribution in [0.15, 0.2) is 24.3 Å². The molecular weight excluding hydrogens is 272 g/mol. The molecule has 0 bridgehead atoms. The van der Waals surface area contributed by atoms with Crippen LogP contribution in [0.1, 0.15) is 45.7 Å². The lowest BCUT2D eigenvalue weighted by Gasteiger charge is -2.24. The number of benzene rings is 1. The van der Waals surface area contributed by atoms with E-state index in [-0.39, 0.29) is 18.0 Å². The summed E-state index contributed by atoms with van der Waals surface area (Å²) < 4.78 is 0. The smallest absolute Gasteiger partial charge is 0.222 e. The third kappa shape index (κ3) is 5.14. The van der Waals surface area contributed by atoms with Crippen molar-refractivity contribution in [1.82, 2.24) is 5.32 Å². The number of hydrogen-bond donors (Lipinski definition) is 2. The third-order valence-corrected chi connectivity index (χ3v) is 3.74. The molecule has 4 heteroatoms. The van der Waals surface area contributed by atoms with Gasteiger partial charge in [-0.15, -0.1) is 0 Å². The molecule has 1 amide bonds. The number of nitrogens with two attached hydrogens (primary N) is 1. The Morgan fingerprint density at radius 1 is 1.15 bits per heavy atom. The number of carbonyl (C=O) groups is 1. The van der Waals surface area contributed by atoms with Gasteiger partial charge in [-0.1, -0.05) is 51.4 Å². The van der Waals surface area contributed by atoms with Crippen LogP contribution in [0, 0.1) is 11.8 Å². The number of nitrogens with one attached hydrogen (secondary N) is 1. The van der Waals surface area contributed by atoms with Crippen molar-refractivity contribution in [2.24, 2.45) is 17.6 Å². The van der Waals surface area contributed by atoms with Crippen molar-refractivity contribution in [3.63, 3.8) is 0 Å². The largest absolute Gasteiger partial charge is 0.349 e. The van der Waals surface area contributed by atoms with Crippen LogP contribution in [-0.4, -0.2) is 11.9 Å². The van der Waals surface area contributed by atoms with E-state index in [1.807, 2.05) is 38.1 Å². The molecule has 2 atom stereocenters. The lowest BCUT2D eigenvalue weighted by Crippen LogP contribution is -2.37. The van der Waals surface area contributed by atoms with Gasteiger partial charge in [0.2, 0.25) is 5.91 Å². The topological polar surface area (TPSA) is 55.1 Å². The van der Waals surface area contributed by atoms with Gasteiger partial charge in [0.05, 0.1) is 6.04 Å². The Labute approximate surface area is 126 Å². The predicted molar refractivity (Wildman–Crippen MR) is 84.6 cm³/mol. The van der Waals surface area contributed by atoms with E-state index < -0.39 is 0 Å². The molecule has 0 saturated heterocycles. The molecule has 0 heterocycles. The summed E-state index contributed by atoms with van der Waals surface area (Å²) in [6, 6.07) is 7.48. The Bertz CT molecular complexity index is 429. The first-order chi connectivity index (χ1) is 9.31. The summed E-state index contributed by atoms with van der Waals surface area (Å²) in [6.07, 6.45) is 0.356. The minimum absolute atomic E-state index is 0.000139. The number of carbonyl (C=O) groups excluding carboxylic acids is 1. The second kappa shape index (κ2) is 7.65. The van der Waals surface area contributed by atoms with Crippen LogP contribution in [-0.2, 0) is 4.79 Å². The highest BCUT2D eigenvalue weighted by Gasteiger charge is 2.20. The third-order valence-electron chi connectivity index (χ3n) is 3.49. The van der Waals surface area contributed by atoms with Gasteiger partial charge in [-0.3, -0.25) is 4.79 Å². The van der Waals surface area contributed by atoms with Crippen LogP contribution < -0.4 is 11.1 Å². The lowest BCUT2D eigenvalue weighted by molar-refractivity contribution is -0.122. The Hall–Kier alpha value is -1.06. The van der Waals surface area contributed by atoms with Gasteiger partial charge in [-0.2, -0.15) is 0 Å². The first kappa shape index (κ1) is 17.0. The molecule has 0 spiro atoms. The minimum atomic E-state index is -0.104. The van der Waals surface area contributed by atoms with Crippen molar-refractivity contribution in [3.8, 4) is 0 Å². The molecule has 0 aliphatic heterocycles. The summed E-state index contributed by atoms with van der Waals surface area (Å²) in [5.74, 6) is 0.601. The van der Waals surface area contributed by atoms with Crippen LogP contribution in [0.3, 0.4) is 0 Å². The van der Waals surface area contributed by atoms with Gasteiger partial charge < -0.3 is 11.1 Å². The van der Waals surface area contributed by atoms with Gasteiger partial charge in [0, 0.05) is 17.5 Å². The molecule has 2 unspecified atom stereocenters. The van der Waals surface area contributed by atoms with Crippen LogP contribution in [0.25, 0.3) is 0 Å². The van der Waals surface area contributed by atoms with Crippen LogP contribution in [0.2, 0.25) is 5.02 Å². The van der Waals surface area contributed by atoms with E-state index in [9.17, 15) is 4.79 Å². The maximum Gasteiger partial charge on any atom is 0.222 e. The highest BCUT2D eigenvalue weighted by molar-refractivity contribution is 6.30. The van der Waals surface area contributed by atoms with E-state index in [4.69, 9.17) is 17.3 Å². The molecular formula is C16H25ClN2O. The Balaban J connectivity index is 2.73. The van der Waals surface area contributed by atoms with Gasteiger partial charge in [-0.25, -0.2) is 0 Å². The lowest BCUT2D eigenvalue weighted by atomic mass is 9.95. The van der Waals surface area contributed by atoms with E-state index in [1.165, 1.54) is 0 Å². The molecule has 112 valence electrons. The zero-order valence-electron chi connectivity index (χ0n) is 12.7. The molecule has 1 rings (SSSR count). The van der Waals surface area contributed by atoms with Crippen molar-refractivity contribution < 1.29 is 4.79 Å². The molecule has 0 aliphatic rings. The molecule has 0 radical (unpaired) electrons. The fourth-order valence-corrected chi connectivity index (χ4v) is 2.11. The summed E-state index contributed by atoms with van der Waals surface area (Å²) in [6.45, 7) is 8.22. The monoisotopic (exact) mass is 296 g/mol. The van der Waals surface area contributed by atoms with Gasteiger partial charge in [0.25, 0.3) is 0 Å². The molecule has 1 aromatic rings. The molecule has 0 saturated carbocycles. The van der Waals surface area contributed by atoms with Crippen LogP contribution in [0.4, 0.5) is 0 Å². The fourth-order valence-electron chi connectivity index (χ4n) is 1.99. The predicted octanol–water partition coefficient (Wildman–Crippen LogP) is 3.53.